The lowest BCUT2D eigenvalue weighted by atomic mass is 10.3. The molecule has 1 N–H and O–H groups in total. The number of H-pyrrole nitrogens is 1. The van der Waals surface area contributed by atoms with Crippen LogP contribution in [0.4, 0.5) is 13.2 Å². The molecule has 5 nitrogen and oxygen atoms in total. The summed E-state index contributed by atoms with van der Waals surface area (Å²) in [5, 5.41) is 6.19. The summed E-state index contributed by atoms with van der Waals surface area (Å²) in [6.07, 6.45) is -2.85. The molecule has 0 aromatic carbocycles. The number of aromatic nitrogens is 2. The highest BCUT2D eigenvalue weighted by atomic mass is 32.2. The predicted octanol–water partition coefficient (Wildman–Crippen LogP) is 1.51. The molecule has 0 fully saturated rings. The summed E-state index contributed by atoms with van der Waals surface area (Å²) in [6.45, 7) is 0.0881. The molecule has 0 aliphatic rings. The van der Waals surface area contributed by atoms with Crippen molar-refractivity contribution in [1.29, 1.82) is 0 Å². The summed E-state index contributed by atoms with van der Waals surface area (Å²) < 4.78 is 60.1. The van der Waals surface area contributed by atoms with Gasteiger partial charge in [-0.1, -0.05) is 0 Å². The fraction of sp³-hybridized carbons (Fsp3) is 0.667. The number of sulfonamides is 1. The molecule has 104 valence electrons. The molecule has 0 spiro atoms. The predicted molar refractivity (Wildman–Crippen MR) is 59.1 cm³/mol. The largest absolute Gasteiger partial charge is 0.389 e. The van der Waals surface area contributed by atoms with E-state index >= 15 is 0 Å². The van der Waals surface area contributed by atoms with Crippen LogP contribution in [-0.4, -0.2) is 41.9 Å². The maximum absolute atomic E-state index is 11.9. The Morgan fingerprint density at radius 2 is 2.11 bits per heavy atom. The van der Waals surface area contributed by atoms with Crippen molar-refractivity contribution in [2.45, 2.75) is 25.6 Å². The van der Waals surface area contributed by atoms with Gasteiger partial charge in [0.2, 0.25) is 10.0 Å². The molecule has 0 aliphatic carbocycles. The molecular weight excluding hydrogens is 271 g/mol. The van der Waals surface area contributed by atoms with E-state index < -0.39 is 34.8 Å². The fourth-order valence-corrected chi connectivity index (χ4v) is 2.50. The van der Waals surface area contributed by atoms with Crippen molar-refractivity contribution in [2.24, 2.45) is 0 Å². The fourth-order valence-electron chi connectivity index (χ4n) is 1.33. The van der Waals surface area contributed by atoms with Gasteiger partial charge in [-0.15, -0.1) is 0 Å². The number of hydrogen-bond donors (Lipinski definition) is 1. The van der Waals surface area contributed by atoms with Gasteiger partial charge in [0.05, 0.1) is 11.9 Å². The number of hydrogen-bond acceptors (Lipinski definition) is 3. The Morgan fingerprint density at radius 1 is 1.44 bits per heavy atom. The Morgan fingerprint density at radius 3 is 2.61 bits per heavy atom. The minimum atomic E-state index is -4.32. The quantitative estimate of drug-likeness (QED) is 0.861. The first kappa shape index (κ1) is 15.0. The van der Waals surface area contributed by atoms with E-state index in [0.717, 1.165) is 4.31 Å². The van der Waals surface area contributed by atoms with E-state index in [0.29, 0.717) is 5.56 Å². The number of nitrogens with zero attached hydrogens (tertiary/aromatic N) is 2. The second-order valence-corrected chi connectivity index (χ2v) is 6.09. The van der Waals surface area contributed by atoms with Gasteiger partial charge >= 0.3 is 6.18 Å². The third-order valence-electron chi connectivity index (χ3n) is 2.30. The van der Waals surface area contributed by atoms with Crippen LogP contribution >= 0.6 is 0 Å². The zero-order chi connectivity index (χ0) is 13.8. The highest BCUT2D eigenvalue weighted by molar-refractivity contribution is 7.89. The summed E-state index contributed by atoms with van der Waals surface area (Å²) in [5.41, 5.74) is 0.650. The molecule has 0 amide bonds. The van der Waals surface area contributed by atoms with E-state index in [1.807, 2.05) is 0 Å². The van der Waals surface area contributed by atoms with Crippen molar-refractivity contribution >= 4 is 10.0 Å². The standard InChI is InChI=1S/C9H14F3N3O2S/c1-15(7-8-5-13-14-6-8)18(16,17)4-2-3-9(10,11)12/h5-6H,2-4,7H2,1H3,(H,13,14). The Kier molecular flexibility index (Phi) is 4.74. The maximum atomic E-state index is 11.9. The van der Waals surface area contributed by atoms with Crippen LogP contribution < -0.4 is 0 Å². The molecule has 1 rings (SSSR count). The van der Waals surface area contributed by atoms with E-state index in [1.54, 1.807) is 0 Å². The van der Waals surface area contributed by atoms with Crippen LogP contribution in [-0.2, 0) is 16.6 Å². The normalized spacial score (nSPS) is 13.2. The molecule has 0 saturated carbocycles. The minimum Gasteiger partial charge on any atom is -0.285 e. The molecule has 0 saturated heterocycles. The minimum absolute atomic E-state index is 0.0881. The number of aromatic amines is 1. The summed E-state index contributed by atoms with van der Waals surface area (Å²) in [5.74, 6) is -0.513. The van der Waals surface area contributed by atoms with Crippen LogP contribution in [0.2, 0.25) is 0 Å². The molecule has 1 heterocycles. The average molecular weight is 285 g/mol. The van der Waals surface area contributed by atoms with Gasteiger partial charge in [-0.25, -0.2) is 12.7 Å². The number of alkyl halides is 3. The molecule has 1 aromatic rings. The molecule has 0 atom stereocenters. The van der Waals surface area contributed by atoms with Gasteiger partial charge in [-0.2, -0.15) is 18.3 Å². The van der Waals surface area contributed by atoms with Crippen LogP contribution in [0.1, 0.15) is 18.4 Å². The lowest BCUT2D eigenvalue weighted by molar-refractivity contribution is -0.134. The first-order valence-corrected chi connectivity index (χ1v) is 6.80. The Bertz CT molecular complexity index is 456. The van der Waals surface area contributed by atoms with Gasteiger partial charge in [-0.3, -0.25) is 5.10 Å². The third-order valence-corrected chi connectivity index (χ3v) is 4.18. The van der Waals surface area contributed by atoms with E-state index in [2.05, 4.69) is 10.2 Å². The van der Waals surface area contributed by atoms with Crippen molar-refractivity contribution in [3.05, 3.63) is 18.0 Å². The third kappa shape index (κ3) is 5.05. The van der Waals surface area contributed by atoms with Crippen LogP contribution in [0.25, 0.3) is 0 Å². The zero-order valence-corrected chi connectivity index (χ0v) is 10.6. The van der Waals surface area contributed by atoms with Crippen LogP contribution in [0.5, 0.6) is 0 Å². The second-order valence-electron chi connectivity index (χ2n) is 3.90. The average Bonchev–Trinajstić information content (AvgIpc) is 2.67. The molecule has 0 radical (unpaired) electrons. The lowest BCUT2D eigenvalue weighted by Gasteiger charge is -2.16. The number of halogens is 3. The van der Waals surface area contributed by atoms with Crippen molar-refractivity contribution in [2.75, 3.05) is 12.8 Å². The molecule has 9 heteroatoms. The molecule has 1 aromatic heterocycles. The summed E-state index contributed by atoms with van der Waals surface area (Å²) in [6, 6.07) is 0. The monoisotopic (exact) mass is 285 g/mol. The van der Waals surface area contributed by atoms with Gasteiger partial charge in [0.1, 0.15) is 0 Å². The highest BCUT2D eigenvalue weighted by Crippen LogP contribution is 2.22. The van der Waals surface area contributed by atoms with Gasteiger partial charge in [0.25, 0.3) is 0 Å². The van der Waals surface area contributed by atoms with Crippen LogP contribution in [0.15, 0.2) is 12.4 Å². The Balaban J connectivity index is 2.48. The Hall–Kier alpha value is -1.09. The SMILES string of the molecule is CN(Cc1cn[nH]c1)S(=O)(=O)CCCC(F)(F)F. The van der Waals surface area contributed by atoms with E-state index in [9.17, 15) is 21.6 Å². The van der Waals surface area contributed by atoms with Crippen LogP contribution in [0.3, 0.4) is 0 Å². The molecule has 0 bridgehead atoms. The molecule has 18 heavy (non-hydrogen) atoms. The first-order valence-electron chi connectivity index (χ1n) is 5.19. The second kappa shape index (κ2) is 5.70. The zero-order valence-electron chi connectivity index (χ0n) is 9.74. The van der Waals surface area contributed by atoms with Gasteiger partial charge in [0, 0.05) is 31.8 Å². The summed E-state index contributed by atoms with van der Waals surface area (Å²) in [4.78, 5) is 0. The summed E-state index contributed by atoms with van der Waals surface area (Å²) >= 11 is 0. The molecule has 0 unspecified atom stereocenters. The van der Waals surface area contributed by atoms with E-state index in [4.69, 9.17) is 0 Å². The smallest absolute Gasteiger partial charge is 0.285 e. The van der Waals surface area contributed by atoms with E-state index in [-0.39, 0.29) is 6.54 Å². The van der Waals surface area contributed by atoms with Gasteiger partial charge in [0.15, 0.2) is 0 Å². The summed E-state index contributed by atoms with van der Waals surface area (Å²) in [7, 11) is -2.34. The van der Waals surface area contributed by atoms with Crippen molar-refractivity contribution in [3.63, 3.8) is 0 Å². The highest BCUT2D eigenvalue weighted by Gasteiger charge is 2.28. The number of rotatable bonds is 6. The topological polar surface area (TPSA) is 66.1 Å². The van der Waals surface area contributed by atoms with Gasteiger partial charge < -0.3 is 0 Å². The van der Waals surface area contributed by atoms with Crippen molar-refractivity contribution in [1.82, 2.24) is 14.5 Å². The van der Waals surface area contributed by atoms with Crippen molar-refractivity contribution in [3.8, 4) is 0 Å². The van der Waals surface area contributed by atoms with E-state index in [1.165, 1.54) is 19.4 Å². The van der Waals surface area contributed by atoms with Gasteiger partial charge in [-0.05, 0) is 6.42 Å². The van der Waals surface area contributed by atoms with Crippen LogP contribution in [0, 0.1) is 0 Å². The first-order chi connectivity index (χ1) is 8.21. The Labute approximate surface area is 103 Å². The number of nitrogens with one attached hydrogen (secondary N) is 1. The molecule has 0 aliphatic heterocycles. The maximum Gasteiger partial charge on any atom is 0.389 e. The molecular formula is C9H14F3N3O2S. The lowest BCUT2D eigenvalue weighted by Crippen LogP contribution is -2.29. The van der Waals surface area contributed by atoms with Crippen molar-refractivity contribution < 1.29 is 21.6 Å².